The second kappa shape index (κ2) is 5.21. The summed E-state index contributed by atoms with van der Waals surface area (Å²) in [6.45, 7) is 1.95. The van der Waals surface area contributed by atoms with E-state index in [0.717, 1.165) is 0 Å². The van der Waals surface area contributed by atoms with Crippen LogP contribution in [-0.2, 0) is 0 Å². The lowest BCUT2D eigenvalue weighted by molar-refractivity contribution is -0.416. The molecule has 0 aliphatic heterocycles. The van der Waals surface area contributed by atoms with Gasteiger partial charge >= 0.3 is 0 Å². The van der Waals surface area contributed by atoms with Gasteiger partial charge in [-0.2, -0.15) is 0 Å². The molecule has 0 rings (SSSR count). The third-order valence-corrected chi connectivity index (χ3v) is 0.491. The molecule has 40 valence electrons. The van der Waals surface area contributed by atoms with E-state index in [0.29, 0.717) is 0 Å². The van der Waals surface area contributed by atoms with Crippen molar-refractivity contribution >= 4 is 6.34 Å². The van der Waals surface area contributed by atoms with Crippen LogP contribution in [0.3, 0.4) is 0 Å². The topological polar surface area (TPSA) is 26.0 Å². The van der Waals surface area contributed by atoms with Gasteiger partial charge in [-0.3, -0.25) is 10.3 Å². The first-order valence-corrected chi connectivity index (χ1v) is 2.28. The summed E-state index contributed by atoms with van der Waals surface area (Å²) in [5, 5.41) is 2.87. The van der Waals surface area contributed by atoms with Crippen molar-refractivity contribution in [3.05, 3.63) is 12.3 Å². The van der Waals surface area contributed by atoms with Crippen molar-refractivity contribution in [2.75, 3.05) is 7.05 Å². The monoisotopic (exact) mass is 99.1 g/mol. The minimum absolute atomic E-state index is 1.75. The summed E-state index contributed by atoms with van der Waals surface area (Å²) in [5.74, 6) is 0. The highest BCUT2D eigenvalue weighted by molar-refractivity contribution is 5.48. The fraction of sp³-hybridized carbons (Fsp3) is 0.400. The lowest BCUT2D eigenvalue weighted by Crippen LogP contribution is -2.65. The number of hydrogen-bond acceptors (Lipinski definition) is 0. The normalized spacial score (nSPS) is 11.1. The first-order chi connectivity index (χ1) is 3.41. The van der Waals surface area contributed by atoms with Crippen LogP contribution in [0.2, 0.25) is 0 Å². The molecule has 2 nitrogen and oxygen atoms in total. The van der Waals surface area contributed by atoms with E-state index in [2.05, 4.69) is 10.3 Å². The van der Waals surface area contributed by atoms with Gasteiger partial charge in [0.1, 0.15) is 0 Å². The van der Waals surface area contributed by atoms with Gasteiger partial charge in [-0.25, -0.2) is 0 Å². The van der Waals surface area contributed by atoms with Crippen molar-refractivity contribution in [1.82, 2.24) is 5.32 Å². The van der Waals surface area contributed by atoms with Crippen molar-refractivity contribution in [2.45, 2.75) is 6.92 Å². The van der Waals surface area contributed by atoms with Gasteiger partial charge in [0.05, 0.1) is 13.2 Å². The Morgan fingerprint density at radius 3 is 2.71 bits per heavy atom. The van der Waals surface area contributed by atoms with Gasteiger partial charge in [-0.05, 0) is 13.0 Å². The highest BCUT2D eigenvalue weighted by Gasteiger charge is 1.64. The highest BCUT2D eigenvalue weighted by atomic mass is 14.9. The molecule has 0 aromatic heterocycles. The van der Waals surface area contributed by atoms with E-state index in [4.69, 9.17) is 0 Å². The highest BCUT2D eigenvalue weighted by Crippen LogP contribution is 1.53. The minimum Gasteiger partial charge on any atom is -0.284 e. The molecular weight excluding hydrogens is 88.1 g/mol. The molecular formula is C5H11N2+. The van der Waals surface area contributed by atoms with Gasteiger partial charge in [0.15, 0.2) is 0 Å². The molecule has 0 amide bonds. The third kappa shape index (κ3) is 5.21. The molecule has 7 heavy (non-hydrogen) atoms. The van der Waals surface area contributed by atoms with Gasteiger partial charge < -0.3 is 0 Å². The molecule has 0 aliphatic rings. The Morgan fingerprint density at radius 1 is 1.57 bits per heavy atom. The SMILES string of the molecule is C/C=C\NC=[NH+]C. The van der Waals surface area contributed by atoms with Crippen molar-refractivity contribution in [3.8, 4) is 0 Å². The molecule has 0 atom stereocenters. The molecule has 0 bridgehead atoms. The van der Waals surface area contributed by atoms with Crippen molar-refractivity contribution in [1.29, 1.82) is 0 Å². The Hall–Kier alpha value is -0.790. The first kappa shape index (κ1) is 6.21. The molecule has 0 heterocycles. The van der Waals surface area contributed by atoms with Crippen LogP contribution in [0.5, 0.6) is 0 Å². The Bertz CT molecular complexity index is 64.1. The molecule has 0 aliphatic carbocycles. The van der Waals surface area contributed by atoms with Crippen molar-refractivity contribution in [3.63, 3.8) is 0 Å². The molecule has 0 spiro atoms. The molecule has 2 N–H and O–H groups in total. The molecule has 0 saturated heterocycles. The van der Waals surface area contributed by atoms with Crippen LogP contribution in [-0.4, -0.2) is 13.4 Å². The van der Waals surface area contributed by atoms with E-state index < -0.39 is 0 Å². The summed E-state index contributed by atoms with van der Waals surface area (Å²) >= 11 is 0. The lowest BCUT2D eigenvalue weighted by Gasteiger charge is -1.72. The summed E-state index contributed by atoms with van der Waals surface area (Å²) in [7, 11) is 1.84. The van der Waals surface area contributed by atoms with Crippen molar-refractivity contribution < 1.29 is 4.99 Å². The van der Waals surface area contributed by atoms with Gasteiger partial charge in [0, 0.05) is 0 Å². The molecule has 0 unspecified atom stereocenters. The number of nitrogens with one attached hydrogen (secondary N) is 2. The smallest absolute Gasteiger partial charge is 0.234 e. The largest absolute Gasteiger partial charge is 0.284 e. The first-order valence-electron chi connectivity index (χ1n) is 2.28. The molecule has 0 fully saturated rings. The predicted octanol–water partition coefficient (Wildman–Crippen LogP) is -1.15. The van der Waals surface area contributed by atoms with Gasteiger partial charge in [0.25, 0.3) is 0 Å². The second-order valence-electron chi connectivity index (χ2n) is 1.10. The molecule has 2 heteroatoms. The van der Waals surface area contributed by atoms with E-state index >= 15 is 0 Å². The number of rotatable bonds is 2. The van der Waals surface area contributed by atoms with Gasteiger partial charge in [-0.1, -0.05) is 0 Å². The van der Waals surface area contributed by atoms with Crippen LogP contribution in [0, 0.1) is 0 Å². The number of allylic oxidation sites excluding steroid dienone is 1. The average Bonchev–Trinajstić information content (AvgIpc) is 1.69. The summed E-state index contributed by atoms with van der Waals surface area (Å²) in [6, 6.07) is 0. The number of hydrogen-bond donors (Lipinski definition) is 2. The zero-order chi connectivity index (χ0) is 5.54. The Kier molecular flexibility index (Phi) is 4.62. The fourth-order valence-corrected chi connectivity index (χ4v) is 0.228. The Morgan fingerprint density at radius 2 is 2.29 bits per heavy atom. The van der Waals surface area contributed by atoms with E-state index in [-0.39, 0.29) is 0 Å². The molecule has 0 saturated carbocycles. The lowest BCUT2D eigenvalue weighted by atomic mass is 10.7. The van der Waals surface area contributed by atoms with Crippen LogP contribution >= 0.6 is 0 Å². The molecule has 0 aromatic rings. The summed E-state index contributed by atoms with van der Waals surface area (Å²) in [5.41, 5.74) is 0. The van der Waals surface area contributed by atoms with Crippen LogP contribution < -0.4 is 10.3 Å². The van der Waals surface area contributed by atoms with E-state index in [1.807, 2.05) is 26.2 Å². The third-order valence-electron chi connectivity index (χ3n) is 0.491. The second-order valence-corrected chi connectivity index (χ2v) is 1.10. The Labute approximate surface area is 44.0 Å². The standard InChI is InChI=1S/C5H10N2/c1-3-4-7-5-6-2/h3-5H,1-2H3,(H,6,7)/p+1/b4-3-. The zero-order valence-electron chi connectivity index (χ0n) is 4.73. The van der Waals surface area contributed by atoms with Crippen LogP contribution in [0.1, 0.15) is 6.92 Å². The van der Waals surface area contributed by atoms with Crippen LogP contribution in [0.15, 0.2) is 12.3 Å². The Balaban J connectivity index is 2.98. The maximum Gasteiger partial charge on any atom is 0.234 e. The summed E-state index contributed by atoms with van der Waals surface area (Å²) in [6.07, 6.45) is 5.52. The molecule has 0 radical (unpaired) electrons. The zero-order valence-corrected chi connectivity index (χ0v) is 4.73. The quantitative estimate of drug-likeness (QED) is 0.332. The maximum absolute atomic E-state index is 2.87. The summed E-state index contributed by atoms with van der Waals surface area (Å²) < 4.78 is 0. The fourth-order valence-electron chi connectivity index (χ4n) is 0.228. The van der Waals surface area contributed by atoms with Crippen LogP contribution in [0.4, 0.5) is 0 Å². The van der Waals surface area contributed by atoms with E-state index in [1.165, 1.54) is 0 Å². The molecule has 0 aromatic carbocycles. The summed E-state index contributed by atoms with van der Waals surface area (Å²) in [4.78, 5) is 2.82. The van der Waals surface area contributed by atoms with E-state index in [1.54, 1.807) is 6.34 Å². The maximum atomic E-state index is 2.87. The van der Waals surface area contributed by atoms with Crippen molar-refractivity contribution in [2.24, 2.45) is 0 Å². The van der Waals surface area contributed by atoms with E-state index in [9.17, 15) is 0 Å². The predicted molar refractivity (Wildman–Crippen MR) is 30.9 cm³/mol. The van der Waals surface area contributed by atoms with Gasteiger partial charge in [0.2, 0.25) is 6.34 Å². The average molecular weight is 99.2 g/mol. The van der Waals surface area contributed by atoms with Crippen LogP contribution in [0.25, 0.3) is 0 Å². The van der Waals surface area contributed by atoms with Gasteiger partial charge in [-0.15, -0.1) is 0 Å². The minimum atomic E-state index is 1.75.